The van der Waals surface area contributed by atoms with E-state index in [1.807, 2.05) is 6.20 Å². The summed E-state index contributed by atoms with van der Waals surface area (Å²) in [5.41, 5.74) is 6.93. The highest BCUT2D eigenvalue weighted by molar-refractivity contribution is 5.64. The molecule has 5 atom stereocenters. The van der Waals surface area contributed by atoms with Crippen molar-refractivity contribution in [2.75, 3.05) is 11.4 Å². The molecule has 3 aliphatic heterocycles. The van der Waals surface area contributed by atoms with Crippen LogP contribution in [0.25, 0.3) is 0 Å². The summed E-state index contributed by atoms with van der Waals surface area (Å²) in [7, 11) is 0. The third-order valence-electron chi connectivity index (χ3n) is 7.00. The summed E-state index contributed by atoms with van der Waals surface area (Å²) in [6.07, 6.45) is 5.82. The minimum absolute atomic E-state index is 0.625. The van der Waals surface area contributed by atoms with Crippen molar-refractivity contribution in [1.29, 1.82) is 0 Å². The Bertz CT molecular complexity index is 813. The van der Waals surface area contributed by atoms with Gasteiger partial charge in [0.05, 0.1) is 6.04 Å². The van der Waals surface area contributed by atoms with Gasteiger partial charge in [-0.05, 0) is 69.2 Å². The number of anilines is 1. The van der Waals surface area contributed by atoms with Crippen LogP contribution in [0.15, 0.2) is 36.5 Å². The molecule has 4 heterocycles. The lowest BCUT2D eigenvalue weighted by Crippen LogP contribution is -2.64. The second kappa shape index (κ2) is 6.09. The molecule has 3 fully saturated rings. The first-order chi connectivity index (χ1) is 12.6. The first-order valence-corrected chi connectivity index (χ1v) is 10.2. The van der Waals surface area contributed by atoms with Gasteiger partial charge < -0.3 is 10.2 Å². The first kappa shape index (κ1) is 16.3. The molecule has 0 amide bonds. The number of hydrogen-bond donors (Lipinski definition) is 1. The summed E-state index contributed by atoms with van der Waals surface area (Å²) in [6.45, 7) is 7.77. The molecule has 2 saturated heterocycles. The SMILES string of the molecule is Cc1ccc2c(c1)[C@H]1[C@H]([C@H]3CC[C@H]1C(C)N3)N2CCc1ccc(C)nc1. The average Bonchev–Trinajstić information content (AvgIpc) is 2.97. The number of aromatic nitrogens is 1. The predicted molar refractivity (Wildman–Crippen MR) is 107 cm³/mol. The zero-order valence-electron chi connectivity index (χ0n) is 16.1. The fraction of sp³-hybridized carbons (Fsp3) is 0.522. The number of piperidine rings is 2. The largest absolute Gasteiger partial charge is 0.366 e. The van der Waals surface area contributed by atoms with Gasteiger partial charge in [-0.25, -0.2) is 0 Å². The van der Waals surface area contributed by atoms with E-state index in [4.69, 9.17) is 0 Å². The van der Waals surface area contributed by atoms with Crippen molar-refractivity contribution in [3.8, 4) is 0 Å². The molecule has 6 rings (SSSR count). The van der Waals surface area contributed by atoms with Crippen LogP contribution in [0.4, 0.5) is 5.69 Å². The molecule has 26 heavy (non-hydrogen) atoms. The second-order valence-electron chi connectivity index (χ2n) is 8.63. The third-order valence-corrected chi connectivity index (χ3v) is 7.00. The number of nitrogens with zero attached hydrogens (tertiary/aromatic N) is 2. The zero-order valence-corrected chi connectivity index (χ0v) is 16.1. The van der Waals surface area contributed by atoms with Gasteiger partial charge in [-0.3, -0.25) is 4.98 Å². The van der Waals surface area contributed by atoms with Crippen LogP contribution in [0.1, 0.15) is 48.1 Å². The summed E-state index contributed by atoms with van der Waals surface area (Å²) >= 11 is 0. The molecule has 1 N–H and O–H groups in total. The predicted octanol–water partition coefficient (Wildman–Crippen LogP) is 3.98. The molecule has 0 spiro atoms. The molecule has 2 aromatic rings. The monoisotopic (exact) mass is 347 g/mol. The van der Waals surface area contributed by atoms with Crippen molar-refractivity contribution in [1.82, 2.24) is 10.3 Å². The van der Waals surface area contributed by atoms with E-state index < -0.39 is 0 Å². The van der Waals surface area contributed by atoms with Gasteiger partial charge in [0.25, 0.3) is 0 Å². The van der Waals surface area contributed by atoms with Gasteiger partial charge >= 0.3 is 0 Å². The molecule has 3 nitrogen and oxygen atoms in total. The number of pyridine rings is 1. The highest BCUT2D eigenvalue weighted by Crippen LogP contribution is 2.54. The number of fused-ring (bicyclic) bond motifs is 3. The van der Waals surface area contributed by atoms with Crippen LogP contribution in [0.5, 0.6) is 0 Å². The summed E-state index contributed by atoms with van der Waals surface area (Å²) in [5, 5.41) is 3.92. The van der Waals surface area contributed by atoms with Crippen LogP contribution in [-0.2, 0) is 6.42 Å². The van der Waals surface area contributed by atoms with Crippen LogP contribution in [0.3, 0.4) is 0 Å². The molecule has 3 heteroatoms. The van der Waals surface area contributed by atoms with E-state index in [-0.39, 0.29) is 0 Å². The second-order valence-corrected chi connectivity index (χ2v) is 8.63. The van der Waals surface area contributed by atoms with Crippen LogP contribution in [0, 0.1) is 19.8 Å². The van der Waals surface area contributed by atoms with Gasteiger partial charge in [-0.2, -0.15) is 0 Å². The molecular formula is C23H29N3. The number of hydrogen-bond acceptors (Lipinski definition) is 3. The van der Waals surface area contributed by atoms with E-state index in [0.717, 1.165) is 24.6 Å². The molecule has 0 radical (unpaired) electrons. The molecule has 2 bridgehead atoms. The first-order valence-electron chi connectivity index (χ1n) is 10.2. The Labute approximate surface area is 156 Å². The van der Waals surface area contributed by atoms with E-state index in [1.54, 1.807) is 5.56 Å². The van der Waals surface area contributed by atoms with Crippen molar-refractivity contribution >= 4 is 5.69 Å². The van der Waals surface area contributed by atoms with Crippen LogP contribution in [-0.4, -0.2) is 29.7 Å². The van der Waals surface area contributed by atoms with Crippen molar-refractivity contribution in [3.05, 3.63) is 58.9 Å². The van der Waals surface area contributed by atoms with Gasteiger partial charge in [0.2, 0.25) is 0 Å². The minimum Gasteiger partial charge on any atom is -0.366 e. The molecule has 1 aromatic carbocycles. The third kappa shape index (κ3) is 2.48. The zero-order chi connectivity index (χ0) is 17.8. The van der Waals surface area contributed by atoms with Crippen molar-refractivity contribution in [2.24, 2.45) is 5.92 Å². The van der Waals surface area contributed by atoms with Gasteiger partial charge in [-0.15, -0.1) is 0 Å². The molecule has 136 valence electrons. The Kier molecular flexibility index (Phi) is 3.82. The summed E-state index contributed by atoms with van der Waals surface area (Å²) in [4.78, 5) is 7.20. The molecule has 1 unspecified atom stereocenters. The number of nitrogens with one attached hydrogen (secondary N) is 1. The number of aryl methyl sites for hydroxylation is 2. The normalized spacial score (nSPS) is 31.8. The van der Waals surface area contributed by atoms with E-state index in [1.165, 1.54) is 29.7 Å². The fourth-order valence-electron chi connectivity index (χ4n) is 5.78. The average molecular weight is 348 g/mol. The highest BCUT2D eigenvalue weighted by atomic mass is 15.2. The highest BCUT2D eigenvalue weighted by Gasteiger charge is 2.53. The maximum Gasteiger partial charge on any atom is 0.0515 e. The van der Waals surface area contributed by atoms with E-state index in [0.29, 0.717) is 24.0 Å². The van der Waals surface area contributed by atoms with Gasteiger partial charge in [-0.1, -0.05) is 23.8 Å². The van der Waals surface area contributed by atoms with Crippen LogP contribution in [0.2, 0.25) is 0 Å². The standard InChI is InChI=1S/C23H29N3/c1-14-4-9-21-19(12-14)22-18-7-8-20(25-16(18)3)23(22)26(21)11-10-17-6-5-15(2)24-13-17/h4-6,9,12-13,16,18,20,22-23,25H,7-8,10-11H2,1-3H3/t16?,18-,20+,22-,23-/m0/s1. The van der Waals surface area contributed by atoms with Gasteiger partial charge in [0, 0.05) is 42.1 Å². The molecule has 1 aromatic heterocycles. The molecule has 1 saturated carbocycles. The van der Waals surface area contributed by atoms with E-state index in [9.17, 15) is 0 Å². The van der Waals surface area contributed by atoms with E-state index >= 15 is 0 Å². The van der Waals surface area contributed by atoms with Gasteiger partial charge in [0.1, 0.15) is 0 Å². The van der Waals surface area contributed by atoms with E-state index in [2.05, 4.69) is 66.3 Å². The van der Waals surface area contributed by atoms with Crippen molar-refractivity contribution in [2.45, 2.75) is 64.1 Å². The summed E-state index contributed by atoms with van der Waals surface area (Å²) < 4.78 is 0. The quantitative estimate of drug-likeness (QED) is 0.910. The molecular weight excluding hydrogens is 318 g/mol. The Hall–Kier alpha value is -1.87. The fourth-order valence-corrected chi connectivity index (χ4v) is 5.78. The van der Waals surface area contributed by atoms with Gasteiger partial charge in [0.15, 0.2) is 0 Å². The topological polar surface area (TPSA) is 28.2 Å². The lowest BCUT2D eigenvalue weighted by atomic mass is 9.65. The maximum absolute atomic E-state index is 4.48. The molecule has 4 aliphatic rings. The Morgan fingerprint density at radius 1 is 1.15 bits per heavy atom. The Morgan fingerprint density at radius 3 is 2.81 bits per heavy atom. The van der Waals surface area contributed by atoms with Crippen LogP contribution < -0.4 is 10.2 Å². The maximum atomic E-state index is 4.48. The number of benzene rings is 1. The smallest absolute Gasteiger partial charge is 0.0515 e. The Morgan fingerprint density at radius 2 is 2.04 bits per heavy atom. The van der Waals surface area contributed by atoms with Crippen molar-refractivity contribution < 1.29 is 0 Å². The minimum atomic E-state index is 0.625. The Balaban J connectivity index is 1.48. The van der Waals surface area contributed by atoms with Crippen molar-refractivity contribution in [3.63, 3.8) is 0 Å². The summed E-state index contributed by atoms with van der Waals surface area (Å²) in [5.74, 6) is 1.48. The molecule has 1 aliphatic carbocycles. The van der Waals surface area contributed by atoms with Crippen LogP contribution >= 0.6 is 0 Å². The number of rotatable bonds is 3. The lowest BCUT2D eigenvalue weighted by molar-refractivity contribution is 0.111. The summed E-state index contributed by atoms with van der Waals surface area (Å²) in [6, 6.07) is 13.4. The lowest BCUT2D eigenvalue weighted by Gasteiger charge is -2.52.